The summed E-state index contributed by atoms with van der Waals surface area (Å²) in [6.45, 7) is 1.75. The van der Waals surface area contributed by atoms with Crippen LogP contribution in [0.15, 0.2) is 18.2 Å². The van der Waals surface area contributed by atoms with Gasteiger partial charge in [0.25, 0.3) is 0 Å². The van der Waals surface area contributed by atoms with E-state index in [4.69, 9.17) is 9.47 Å². The van der Waals surface area contributed by atoms with Crippen LogP contribution in [0.5, 0.6) is 5.75 Å². The number of ether oxygens (including phenoxy) is 2. The number of morpholine rings is 1. The summed E-state index contributed by atoms with van der Waals surface area (Å²) in [4.78, 5) is 24.6. The predicted octanol–water partition coefficient (Wildman–Crippen LogP) is 1.21. The Balaban J connectivity index is 2.45. The van der Waals surface area contributed by atoms with E-state index in [2.05, 4.69) is 0 Å². The third-order valence-electron chi connectivity index (χ3n) is 3.43. The number of hydrogen-bond donors (Lipinski definition) is 1. The molecule has 1 N–H and O–H groups in total. The van der Waals surface area contributed by atoms with Crippen molar-refractivity contribution >= 4 is 11.9 Å². The van der Waals surface area contributed by atoms with Crippen molar-refractivity contribution in [2.75, 3.05) is 20.3 Å². The van der Waals surface area contributed by atoms with E-state index in [-0.39, 0.29) is 18.3 Å². The van der Waals surface area contributed by atoms with Crippen LogP contribution in [-0.4, -0.2) is 48.2 Å². The molecule has 21 heavy (non-hydrogen) atoms. The Morgan fingerprint density at radius 3 is 2.81 bits per heavy atom. The molecule has 1 fully saturated rings. The Morgan fingerprint density at radius 2 is 2.29 bits per heavy atom. The number of aliphatic carboxylic acids is 1. The Hall–Kier alpha value is -2.15. The molecule has 6 nitrogen and oxygen atoms in total. The van der Waals surface area contributed by atoms with Crippen molar-refractivity contribution in [3.05, 3.63) is 29.6 Å². The van der Waals surface area contributed by atoms with Crippen LogP contribution in [0.1, 0.15) is 18.5 Å². The third kappa shape index (κ3) is 2.82. The van der Waals surface area contributed by atoms with Crippen LogP contribution >= 0.6 is 0 Å². The van der Waals surface area contributed by atoms with Crippen LogP contribution in [0.2, 0.25) is 0 Å². The molecule has 1 aliphatic rings. The molecule has 0 spiro atoms. The van der Waals surface area contributed by atoms with Crippen molar-refractivity contribution in [3.8, 4) is 5.75 Å². The average Bonchev–Trinajstić information content (AvgIpc) is 2.46. The van der Waals surface area contributed by atoms with E-state index in [9.17, 15) is 19.1 Å². The number of rotatable bonds is 4. The molecule has 1 saturated heterocycles. The number of carbonyl (C=O) groups excluding carboxylic acids is 1. The van der Waals surface area contributed by atoms with E-state index in [0.717, 1.165) is 0 Å². The monoisotopic (exact) mass is 297 g/mol. The molecule has 0 aromatic heterocycles. The first-order chi connectivity index (χ1) is 9.99. The maximum Gasteiger partial charge on any atom is 0.335 e. The van der Waals surface area contributed by atoms with E-state index in [1.807, 2.05) is 0 Å². The standard InChI is InChI=1S/C14H16FNO5/c1-3-16-11(17)7-21-13(14(18)19)12(16)8-4-5-10(20-2)9(15)6-8/h4-6,12-13H,3,7H2,1-2H3,(H,18,19). The predicted molar refractivity (Wildman–Crippen MR) is 70.5 cm³/mol. The second-order valence-electron chi connectivity index (χ2n) is 4.59. The maximum absolute atomic E-state index is 13.8. The highest BCUT2D eigenvalue weighted by Gasteiger charge is 2.41. The van der Waals surface area contributed by atoms with Crippen molar-refractivity contribution in [2.45, 2.75) is 19.1 Å². The summed E-state index contributed by atoms with van der Waals surface area (Å²) in [7, 11) is 1.34. The molecule has 114 valence electrons. The van der Waals surface area contributed by atoms with Gasteiger partial charge in [0, 0.05) is 6.54 Å². The van der Waals surface area contributed by atoms with Crippen LogP contribution in [0.3, 0.4) is 0 Å². The number of likely N-dealkylation sites (N-methyl/N-ethyl adjacent to an activating group) is 1. The molecule has 0 radical (unpaired) electrons. The number of halogens is 1. The van der Waals surface area contributed by atoms with E-state index >= 15 is 0 Å². The molecule has 2 unspecified atom stereocenters. The zero-order valence-electron chi connectivity index (χ0n) is 11.7. The lowest BCUT2D eigenvalue weighted by Crippen LogP contribution is -2.51. The number of nitrogens with zero attached hydrogens (tertiary/aromatic N) is 1. The largest absolute Gasteiger partial charge is 0.494 e. The number of hydrogen-bond acceptors (Lipinski definition) is 4. The second-order valence-corrected chi connectivity index (χ2v) is 4.59. The number of carboxylic acid groups (broad SMARTS) is 1. The van der Waals surface area contributed by atoms with Gasteiger partial charge in [-0.1, -0.05) is 6.07 Å². The van der Waals surface area contributed by atoms with Crippen LogP contribution < -0.4 is 4.74 Å². The Kier molecular flexibility index (Phi) is 4.42. The highest BCUT2D eigenvalue weighted by molar-refractivity contribution is 5.83. The minimum atomic E-state index is -1.23. The smallest absolute Gasteiger partial charge is 0.335 e. The van der Waals surface area contributed by atoms with Crippen molar-refractivity contribution in [1.82, 2.24) is 4.90 Å². The van der Waals surface area contributed by atoms with E-state index < -0.39 is 23.9 Å². The van der Waals surface area contributed by atoms with E-state index in [1.165, 1.54) is 30.2 Å². The van der Waals surface area contributed by atoms with Gasteiger partial charge in [-0.15, -0.1) is 0 Å². The van der Waals surface area contributed by atoms with Crippen LogP contribution in [0.4, 0.5) is 4.39 Å². The topological polar surface area (TPSA) is 76.1 Å². The van der Waals surface area contributed by atoms with Gasteiger partial charge in [0.15, 0.2) is 17.7 Å². The Morgan fingerprint density at radius 1 is 1.57 bits per heavy atom. The van der Waals surface area contributed by atoms with Gasteiger partial charge in [0.1, 0.15) is 6.61 Å². The highest BCUT2D eigenvalue weighted by atomic mass is 19.1. The molecular formula is C14H16FNO5. The summed E-state index contributed by atoms with van der Waals surface area (Å²) in [6, 6.07) is 3.24. The van der Waals surface area contributed by atoms with Gasteiger partial charge in [0.05, 0.1) is 13.2 Å². The van der Waals surface area contributed by atoms with Crippen molar-refractivity contribution < 1.29 is 28.6 Å². The van der Waals surface area contributed by atoms with Gasteiger partial charge in [-0.2, -0.15) is 0 Å². The molecule has 0 saturated carbocycles. The summed E-state index contributed by atoms with van der Waals surface area (Å²) in [5.41, 5.74) is 0.357. The first-order valence-electron chi connectivity index (χ1n) is 6.46. The van der Waals surface area contributed by atoms with Crippen molar-refractivity contribution in [2.24, 2.45) is 0 Å². The molecule has 1 amide bonds. The first kappa shape index (κ1) is 15.2. The molecule has 1 aliphatic heterocycles. The number of methoxy groups -OCH3 is 1. The average molecular weight is 297 g/mol. The number of amides is 1. The Bertz CT molecular complexity index is 560. The van der Waals surface area contributed by atoms with Gasteiger partial charge >= 0.3 is 5.97 Å². The highest BCUT2D eigenvalue weighted by Crippen LogP contribution is 2.32. The zero-order valence-corrected chi connectivity index (χ0v) is 11.7. The molecular weight excluding hydrogens is 281 g/mol. The molecule has 0 aliphatic carbocycles. The maximum atomic E-state index is 13.8. The zero-order chi connectivity index (χ0) is 15.6. The van der Waals surface area contributed by atoms with Crippen molar-refractivity contribution in [3.63, 3.8) is 0 Å². The van der Waals surface area contributed by atoms with Gasteiger partial charge < -0.3 is 19.5 Å². The van der Waals surface area contributed by atoms with Gasteiger partial charge in [-0.05, 0) is 24.6 Å². The molecule has 2 atom stereocenters. The van der Waals surface area contributed by atoms with Crippen LogP contribution in [0, 0.1) is 5.82 Å². The lowest BCUT2D eigenvalue weighted by molar-refractivity contribution is -0.172. The van der Waals surface area contributed by atoms with Gasteiger partial charge in [-0.25, -0.2) is 9.18 Å². The van der Waals surface area contributed by atoms with Gasteiger partial charge in [0.2, 0.25) is 5.91 Å². The lowest BCUT2D eigenvalue weighted by atomic mass is 9.97. The van der Waals surface area contributed by atoms with E-state index in [0.29, 0.717) is 12.1 Å². The van der Waals surface area contributed by atoms with Gasteiger partial charge in [-0.3, -0.25) is 4.79 Å². The number of carbonyl (C=O) groups is 2. The molecule has 1 aromatic carbocycles. The molecule has 1 heterocycles. The normalized spacial score (nSPS) is 22.2. The first-order valence-corrected chi connectivity index (χ1v) is 6.46. The lowest BCUT2D eigenvalue weighted by Gasteiger charge is -2.38. The SMILES string of the molecule is CCN1C(=O)COC(C(=O)O)C1c1ccc(OC)c(F)c1. The Labute approximate surface area is 121 Å². The molecule has 1 aromatic rings. The van der Waals surface area contributed by atoms with Crippen molar-refractivity contribution in [1.29, 1.82) is 0 Å². The fourth-order valence-corrected chi connectivity index (χ4v) is 2.45. The fraction of sp³-hybridized carbons (Fsp3) is 0.429. The summed E-state index contributed by atoms with van der Waals surface area (Å²) < 4.78 is 23.8. The molecule has 7 heteroatoms. The third-order valence-corrected chi connectivity index (χ3v) is 3.43. The quantitative estimate of drug-likeness (QED) is 0.904. The van der Waals surface area contributed by atoms with E-state index in [1.54, 1.807) is 6.92 Å². The van der Waals surface area contributed by atoms with Crippen LogP contribution in [0.25, 0.3) is 0 Å². The molecule has 2 rings (SSSR count). The minimum absolute atomic E-state index is 0.0525. The summed E-state index contributed by atoms with van der Waals surface area (Å²) in [5, 5.41) is 9.26. The summed E-state index contributed by atoms with van der Waals surface area (Å²) in [6.07, 6.45) is -1.23. The molecule has 0 bridgehead atoms. The van der Waals surface area contributed by atoms with Crippen LogP contribution in [-0.2, 0) is 14.3 Å². The summed E-state index contributed by atoms with van der Waals surface area (Å²) in [5.74, 6) is -2.08. The fourth-order valence-electron chi connectivity index (χ4n) is 2.45. The second kappa shape index (κ2) is 6.09. The number of benzene rings is 1. The minimum Gasteiger partial charge on any atom is -0.494 e. The number of carboxylic acids is 1. The summed E-state index contributed by atoms with van der Waals surface area (Å²) >= 11 is 0.